The van der Waals surface area contributed by atoms with E-state index in [4.69, 9.17) is 20.4 Å². The van der Waals surface area contributed by atoms with Crippen LogP contribution in [0.25, 0.3) is 0 Å². The lowest BCUT2D eigenvalue weighted by Gasteiger charge is -2.07. The lowest BCUT2D eigenvalue weighted by molar-refractivity contribution is -0.154. The van der Waals surface area contributed by atoms with Crippen molar-refractivity contribution in [3.63, 3.8) is 0 Å². The molecular weight excluding hydrogens is 464 g/mol. The fourth-order valence-electron chi connectivity index (χ4n) is 3.83. The van der Waals surface area contributed by atoms with E-state index in [1.165, 1.54) is 101 Å². The van der Waals surface area contributed by atoms with Crippen LogP contribution in [0.1, 0.15) is 130 Å². The lowest BCUT2D eigenvalue weighted by atomic mass is 10.00. The molecule has 0 spiro atoms. The molecule has 4 N–H and O–H groups in total. The van der Waals surface area contributed by atoms with Crippen LogP contribution in [0, 0.1) is 5.92 Å². The molecule has 0 saturated carbocycles. The summed E-state index contributed by atoms with van der Waals surface area (Å²) in [6.07, 6.45) is 19.0. The first-order valence-electron chi connectivity index (χ1n) is 13.2. The number of unbranched alkanes of at least 4 members (excludes halogenated alkanes) is 14. The van der Waals surface area contributed by atoms with Gasteiger partial charge in [0.15, 0.2) is 5.92 Å². The Morgan fingerprint density at radius 2 is 0.806 bits per heavy atom. The van der Waals surface area contributed by atoms with Crippen LogP contribution in [-0.4, -0.2) is 44.3 Å². The number of aliphatic carboxylic acids is 2. The van der Waals surface area contributed by atoms with E-state index in [9.17, 15) is 19.2 Å². The maximum atomic E-state index is 10.7. The van der Waals surface area contributed by atoms with Crippen LogP contribution in [0.5, 0.6) is 0 Å². The molecule has 8 heteroatoms. The average Bonchev–Trinajstić information content (AvgIpc) is 2.83. The number of carboxylic acids is 4. The topological polar surface area (TPSA) is 149 Å². The third kappa shape index (κ3) is 17.5. The van der Waals surface area contributed by atoms with Gasteiger partial charge in [0.2, 0.25) is 0 Å². The van der Waals surface area contributed by atoms with E-state index in [0.29, 0.717) is 6.42 Å². The van der Waals surface area contributed by atoms with Crippen molar-refractivity contribution in [1.82, 2.24) is 0 Å². The van der Waals surface area contributed by atoms with Crippen molar-refractivity contribution in [2.24, 2.45) is 5.92 Å². The smallest absolute Gasteiger partial charge is 0.335 e. The van der Waals surface area contributed by atoms with Gasteiger partial charge in [-0.2, -0.15) is 0 Å². The van der Waals surface area contributed by atoms with E-state index in [1.807, 2.05) is 0 Å². The number of benzene rings is 1. The number of aromatic carboxylic acids is 2. The van der Waals surface area contributed by atoms with Crippen LogP contribution in [0.4, 0.5) is 0 Å². The summed E-state index contributed by atoms with van der Waals surface area (Å²) < 4.78 is 0. The van der Waals surface area contributed by atoms with Crippen molar-refractivity contribution >= 4 is 23.9 Å². The second-order valence-electron chi connectivity index (χ2n) is 9.16. The predicted octanol–water partition coefficient (Wildman–Crippen LogP) is 7.12. The Bertz CT molecular complexity index is 710. The van der Waals surface area contributed by atoms with Gasteiger partial charge in [-0.25, -0.2) is 9.59 Å². The van der Waals surface area contributed by atoms with Crippen LogP contribution in [0.2, 0.25) is 0 Å². The standard InChI is InChI=1S/C20H38O4.C8H6O4/c1-2-3-4-5-6-7-8-9-10-11-12-13-14-15-16-17-18(19(21)22)20(23)24;9-7(10)5-1-2-6(4-3-5)8(11)12/h18H,2-17H2,1H3,(H,21,22)(H,23,24);1-4H,(H,9,10)(H,11,12). The van der Waals surface area contributed by atoms with Crippen LogP contribution in [-0.2, 0) is 9.59 Å². The molecule has 1 aromatic rings. The summed E-state index contributed by atoms with van der Waals surface area (Å²) in [5, 5.41) is 34.5. The Balaban J connectivity index is 0.000000846. The van der Waals surface area contributed by atoms with Crippen molar-refractivity contribution in [3.8, 4) is 0 Å². The Labute approximate surface area is 214 Å². The SMILES string of the molecule is CCCCCCCCCCCCCCCCCC(C(=O)O)C(=O)O.O=C(O)c1ccc(C(=O)O)cc1. The van der Waals surface area contributed by atoms with E-state index in [0.717, 1.165) is 12.8 Å². The van der Waals surface area contributed by atoms with Crippen molar-refractivity contribution in [3.05, 3.63) is 35.4 Å². The first-order chi connectivity index (χ1) is 17.2. The Kier molecular flexibility index (Phi) is 19.7. The van der Waals surface area contributed by atoms with Crippen LogP contribution < -0.4 is 0 Å². The molecule has 0 atom stereocenters. The maximum Gasteiger partial charge on any atom is 0.335 e. The molecule has 0 unspecified atom stereocenters. The van der Waals surface area contributed by atoms with E-state index in [1.54, 1.807) is 0 Å². The highest BCUT2D eigenvalue weighted by Gasteiger charge is 2.24. The molecule has 1 aromatic carbocycles. The maximum absolute atomic E-state index is 10.7. The zero-order chi connectivity index (χ0) is 27.2. The summed E-state index contributed by atoms with van der Waals surface area (Å²) >= 11 is 0. The van der Waals surface area contributed by atoms with E-state index < -0.39 is 29.8 Å². The molecular formula is C28H44O8. The van der Waals surface area contributed by atoms with Gasteiger partial charge in [-0.05, 0) is 30.7 Å². The third-order valence-electron chi connectivity index (χ3n) is 6.07. The fourth-order valence-corrected chi connectivity index (χ4v) is 3.83. The van der Waals surface area contributed by atoms with Gasteiger partial charge < -0.3 is 20.4 Å². The van der Waals surface area contributed by atoms with E-state index in [2.05, 4.69) is 6.92 Å². The van der Waals surface area contributed by atoms with E-state index in [-0.39, 0.29) is 17.5 Å². The van der Waals surface area contributed by atoms with Gasteiger partial charge in [-0.3, -0.25) is 9.59 Å². The lowest BCUT2D eigenvalue weighted by Crippen LogP contribution is -2.23. The zero-order valence-electron chi connectivity index (χ0n) is 21.6. The summed E-state index contributed by atoms with van der Waals surface area (Å²) in [5.74, 6) is -5.79. The van der Waals surface area contributed by atoms with Crippen molar-refractivity contribution in [2.45, 2.75) is 110 Å². The van der Waals surface area contributed by atoms with Crippen molar-refractivity contribution < 1.29 is 39.6 Å². The summed E-state index contributed by atoms with van der Waals surface area (Å²) in [6.45, 7) is 2.25. The summed E-state index contributed by atoms with van der Waals surface area (Å²) in [7, 11) is 0. The second-order valence-corrected chi connectivity index (χ2v) is 9.16. The van der Waals surface area contributed by atoms with Crippen LogP contribution in [0.3, 0.4) is 0 Å². The molecule has 204 valence electrons. The molecule has 0 saturated heterocycles. The number of rotatable bonds is 20. The molecule has 0 aliphatic heterocycles. The molecule has 0 aromatic heterocycles. The van der Waals surface area contributed by atoms with E-state index >= 15 is 0 Å². The van der Waals surface area contributed by atoms with Gasteiger partial charge in [0.25, 0.3) is 0 Å². The molecule has 8 nitrogen and oxygen atoms in total. The zero-order valence-corrected chi connectivity index (χ0v) is 21.6. The molecule has 0 bridgehead atoms. The summed E-state index contributed by atoms with van der Waals surface area (Å²) in [6, 6.07) is 5.02. The highest BCUT2D eigenvalue weighted by Crippen LogP contribution is 2.15. The van der Waals surface area contributed by atoms with Crippen LogP contribution >= 0.6 is 0 Å². The Morgan fingerprint density at radius 3 is 1.06 bits per heavy atom. The van der Waals surface area contributed by atoms with Gasteiger partial charge in [0.1, 0.15) is 0 Å². The number of hydrogen-bond acceptors (Lipinski definition) is 4. The first-order valence-corrected chi connectivity index (χ1v) is 13.2. The number of carboxylic acid groups (broad SMARTS) is 4. The first kappa shape index (κ1) is 33.1. The highest BCUT2D eigenvalue weighted by molar-refractivity contribution is 5.93. The minimum absolute atomic E-state index is 0.0833. The fraction of sp³-hybridized carbons (Fsp3) is 0.643. The molecule has 0 amide bonds. The second kappa shape index (κ2) is 21.4. The molecule has 36 heavy (non-hydrogen) atoms. The molecule has 0 fully saturated rings. The van der Waals surface area contributed by atoms with Gasteiger partial charge in [-0.1, -0.05) is 103 Å². The quantitative estimate of drug-likeness (QED) is 0.107. The molecule has 1 rings (SSSR count). The minimum Gasteiger partial charge on any atom is -0.481 e. The average molecular weight is 509 g/mol. The normalized spacial score (nSPS) is 10.5. The molecule has 0 heterocycles. The monoisotopic (exact) mass is 508 g/mol. The van der Waals surface area contributed by atoms with Gasteiger partial charge in [-0.15, -0.1) is 0 Å². The molecule has 0 radical (unpaired) electrons. The summed E-state index contributed by atoms with van der Waals surface area (Å²) in [5.41, 5.74) is 0.167. The van der Waals surface area contributed by atoms with Crippen LogP contribution in [0.15, 0.2) is 24.3 Å². The Morgan fingerprint density at radius 1 is 0.528 bits per heavy atom. The number of carbonyl (C=O) groups is 4. The Hall–Kier alpha value is -2.90. The van der Waals surface area contributed by atoms with Gasteiger partial charge in [0, 0.05) is 0 Å². The summed E-state index contributed by atoms with van der Waals surface area (Å²) in [4.78, 5) is 42.1. The number of hydrogen-bond donors (Lipinski definition) is 4. The minimum atomic E-state index is -1.23. The van der Waals surface area contributed by atoms with Crippen molar-refractivity contribution in [1.29, 1.82) is 0 Å². The largest absolute Gasteiger partial charge is 0.481 e. The molecule has 0 aliphatic rings. The predicted molar refractivity (Wildman–Crippen MR) is 139 cm³/mol. The van der Waals surface area contributed by atoms with Gasteiger partial charge in [0.05, 0.1) is 11.1 Å². The molecule has 0 aliphatic carbocycles. The van der Waals surface area contributed by atoms with Crippen molar-refractivity contribution in [2.75, 3.05) is 0 Å². The highest BCUT2D eigenvalue weighted by atomic mass is 16.4. The third-order valence-corrected chi connectivity index (χ3v) is 6.07. The van der Waals surface area contributed by atoms with Gasteiger partial charge >= 0.3 is 23.9 Å².